The predicted molar refractivity (Wildman–Crippen MR) is 94.3 cm³/mol. The standard InChI is InChI=1S/C16H23NO3SSi/c1-16(2,3)22(4,5)20-14-13(21-15(19)17-14)10-11-6-8-12(18)9-7-11/h6-9,13,18H,10H2,1-5H3. The van der Waals surface area contributed by atoms with Crippen LogP contribution in [0.5, 0.6) is 5.75 Å². The van der Waals surface area contributed by atoms with Gasteiger partial charge in [0, 0.05) is 0 Å². The topological polar surface area (TPSA) is 58.9 Å². The first kappa shape index (κ1) is 17.1. The zero-order valence-electron chi connectivity index (χ0n) is 13.7. The Labute approximate surface area is 137 Å². The van der Waals surface area contributed by atoms with E-state index in [1.54, 1.807) is 12.1 Å². The normalized spacial score (nSPS) is 19.2. The molecule has 6 heteroatoms. The molecule has 120 valence electrons. The maximum absolute atomic E-state index is 11.7. The predicted octanol–water partition coefficient (Wildman–Crippen LogP) is 4.59. The average Bonchev–Trinajstić information content (AvgIpc) is 2.70. The van der Waals surface area contributed by atoms with Crippen LogP contribution >= 0.6 is 11.8 Å². The fraction of sp³-hybridized carbons (Fsp3) is 0.500. The highest BCUT2D eigenvalue weighted by Crippen LogP contribution is 2.39. The number of carbonyl (C=O) groups is 1. The Hall–Kier alpha value is -1.27. The van der Waals surface area contributed by atoms with Gasteiger partial charge in [-0.3, -0.25) is 4.79 Å². The van der Waals surface area contributed by atoms with E-state index in [0.29, 0.717) is 12.3 Å². The lowest BCUT2D eigenvalue weighted by atomic mass is 10.1. The van der Waals surface area contributed by atoms with Gasteiger partial charge in [-0.15, -0.1) is 0 Å². The molecule has 0 saturated carbocycles. The van der Waals surface area contributed by atoms with E-state index >= 15 is 0 Å². The Morgan fingerprint density at radius 2 is 1.86 bits per heavy atom. The van der Waals surface area contributed by atoms with Crippen LogP contribution in [0.15, 0.2) is 29.3 Å². The van der Waals surface area contributed by atoms with Crippen LogP contribution in [0.4, 0.5) is 4.79 Å². The molecule has 1 aromatic carbocycles. The Morgan fingerprint density at radius 3 is 2.41 bits per heavy atom. The molecule has 0 radical (unpaired) electrons. The number of rotatable bonds is 3. The van der Waals surface area contributed by atoms with Crippen molar-refractivity contribution >= 4 is 31.2 Å². The zero-order valence-corrected chi connectivity index (χ0v) is 15.5. The molecule has 22 heavy (non-hydrogen) atoms. The Bertz CT molecular complexity index is 590. The molecule has 0 saturated heterocycles. The van der Waals surface area contributed by atoms with Crippen LogP contribution in [-0.2, 0) is 10.8 Å². The molecule has 0 aromatic heterocycles. The highest BCUT2D eigenvalue weighted by molar-refractivity contribution is 8.15. The summed E-state index contributed by atoms with van der Waals surface area (Å²) in [6, 6.07) is 7.04. The third kappa shape index (κ3) is 3.92. The Balaban J connectivity index is 2.14. The van der Waals surface area contributed by atoms with Gasteiger partial charge in [-0.25, -0.2) is 0 Å². The molecule has 1 unspecified atom stereocenters. The third-order valence-corrected chi connectivity index (χ3v) is 9.52. The lowest BCUT2D eigenvalue weighted by Crippen LogP contribution is -2.44. The first-order valence-electron chi connectivity index (χ1n) is 7.34. The van der Waals surface area contributed by atoms with Crippen molar-refractivity contribution in [3.8, 4) is 5.75 Å². The molecule has 1 aliphatic rings. The van der Waals surface area contributed by atoms with Gasteiger partial charge in [-0.1, -0.05) is 32.9 Å². The fourth-order valence-electron chi connectivity index (χ4n) is 1.84. The van der Waals surface area contributed by atoms with Gasteiger partial charge in [-0.2, -0.15) is 4.99 Å². The summed E-state index contributed by atoms with van der Waals surface area (Å²) in [5, 5.41) is 9.16. The number of aromatic hydroxyl groups is 1. The van der Waals surface area contributed by atoms with E-state index < -0.39 is 8.32 Å². The molecule has 1 aromatic rings. The van der Waals surface area contributed by atoms with Crippen molar-refractivity contribution in [1.82, 2.24) is 0 Å². The van der Waals surface area contributed by atoms with Crippen LogP contribution in [0.2, 0.25) is 18.1 Å². The van der Waals surface area contributed by atoms with Crippen LogP contribution in [0, 0.1) is 0 Å². The summed E-state index contributed by atoms with van der Waals surface area (Å²) in [6.07, 6.45) is 0.671. The fourth-order valence-corrected chi connectivity index (χ4v) is 3.80. The summed E-state index contributed by atoms with van der Waals surface area (Å²) in [7, 11) is -2.00. The van der Waals surface area contributed by atoms with Crippen LogP contribution in [-0.4, -0.2) is 29.8 Å². The van der Waals surface area contributed by atoms with E-state index in [2.05, 4.69) is 38.9 Å². The minimum atomic E-state index is -2.00. The lowest BCUT2D eigenvalue weighted by Gasteiger charge is -2.37. The van der Waals surface area contributed by atoms with Crippen molar-refractivity contribution in [2.45, 2.75) is 50.6 Å². The van der Waals surface area contributed by atoms with E-state index in [0.717, 1.165) is 5.56 Å². The van der Waals surface area contributed by atoms with Crippen molar-refractivity contribution < 1.29 is 14.3 Å². The lowest BCUT2D eigenvalue weighted by molar-refractivity contribution is 0.267. The molecular formula is C16H23NO3SSi. The second-order valence-electron chi connectivity index (χ2n) is 7.06. The molecule has 0 bridgehead atoms. The molecule has 0 aliphatic carbocycles. The van der Waals surface area contributed by atoms with Crippen molar-refractivity contribution in [2.75, 3.05) is 0 Å². The number of hydrogen-bond donors (Lipinski definition) is 1. The van der Waals surface area contributed by atoms with E-state index in [9.17, 15) is 9.90 Å². The second-order valence-corrected chi connectivity index (χ2v) is 12.9. The van der Waals surface area contributed by atoms with Gasteiger partial charge in [0.05, 0.1) is 5.25 Å². The monoisotopic (exact) mass is 337 g/mol. The van der Waals surface area contributed by atoms with Crippen molar-refractivity contribution in [2.24, 2.45) is 4.99 Å². The molecule has 4 nitrogen and oxygen atoms in total. The Morgan fingerprint density at radius 1 is 1.27 bits per heavy atom. The summed E-state index contributed by atoms with van der Waals surface area (Å²) in [5.41, 5.74) is 1.05. The average molecular weight is 338 g/mol. The molecule has 2 rings (SSSR count). The summed E-state index contributed by atoms with van der Waals surface area (Å²) < 4.78 is 6.24. The van der Waals surface area contributed by atoms with Crippen molar-refractivity contribution in [3.05, 3.63) is 29.8 Å². The van der Waals surface area contributed by atoms with Gasteiger partial charge in [0.1, 0.15) is 5.75 Å². The first-order chi connectivity index (χ1) is 10.1. The number of amides is 1. The number of phenolic OH excluding ortho intramolecular Hbond substituents is 1. The van der Waals surface area contributed by atoms with E-state index in [4.69, 9.17) is 4.43 Å². The number of carbonyl (C=O) groups excluding carboxylic acids is 1. The van der Waals surface area contributed by atoms with Crippen molar-refractivity contribution in [3.63, 3.8) is 0 Å². The molecule has 0 fully saturated rings. The molecule has 1 aliphatic heterocycles. The number of thioether (sulfide) groups is 1. The summed E-state index contributed by atoms with van der Waals surface area (Å²) in [4.78, 5) is 15.8. The van der Waals surface area contributed by atoms with Gasteiger partial charge in [0.25, 0.3) is 8.32 Å². The first-order valence-corrected chi connectivity index (χ1v) is 11.1. The zero-order chi connectivity index (χ0) is 16.5. The number of benzene rings is 1. The Kier molecular flexibility index (Phi) is 4.72. The minimum absolute atomic E-state index is 0.0644. The quantitative estimate of drug-likeness (QED) is 0.820. The van der Waals surface area contributed by atoms with Gasteiger partial charge in [0.15, 0.2) is 5.90 Å². The van der Waals surface area contributed by atoms with E-state index in [-0.39, 0.29) is 21.3 Å². The maximum Gasteiger partial charge on any atom is 0.308 e. The van der Waals surface area contributed by atoms with Gasteiger partial charge in [-0.05, 0) is 54.0 Å². The number of aliphatic imine (C=N–C) groups is 1. The molecule has 1 atom stereocenters. The highest BCUT2D eigenvalue weighted by Gasteiger charge is 2.42. The van der Waals surface area contributed by atoms with Gasteiger partial charge >= 0.3 is 5.24 Å². The summed E-state index contributed by atoms with van der Waals surface area (Å²) in [5.74, 6) is 0.806. The summed E-state index contributed by atoms with van der Waals surface area (Å²) in [6.45, 7) is 10.8. The van der Waals surface area contributed by atoms with Crippen LogP contribution < -0.4 is 0 Å². The molecule has 1 heterocycles. The smallest absolute Gasteiger partial charge is 0.308 e. The van der Waals surface area contributed by atoms with Crippen LogP contribution in [0.25, 0.3) is 0 Å². The van der Waals surface area contributed by atoms with Gasteiger partial charge < -0.3 is 9.53 Å². The third-order valence-electron chi connectivity index (χ3n) is 4.24. The molecule has 1 amide bonds. The van der Waals surface area contributed by atoms with E-state index in [1.165, 1.54) is 11.8 Å². The molecule has 1 N–H and O–H groups in total. The highest BCUT2D eigenvalue weighted by atomic mass is 32.2. The van der Waals surface area contributed by atoms with Crippen molar-refractivity contribution in [1.29, 1.82) is 0 Å². The van der Waals surface area contributed by atoms with Crippen LogP contribution in [0.1, 0.15) is 26.3 Å². The number of hydrogen-bond acceptors (Lipinski definition) is 4. The van der Waals surface area contributed by atoms with Gasteiger partial charge in [0.2, 0.25) is 0 Å². The summed E-state index contributed by atoms with van der Waals surface area (Å²) >= 11 is 1.22. The largest absolute Gasteiger partial charge is 0.533 e. The van der Waals surface area contributed by atoms with E-state index in [1.807, 2.05) is 12.1 Å². The minimum Gasteiger partial charge on any atom is -0.533 e. The molecular weight excluding hydrogens is 314 g/mol. The maximum atomic E-state index is 11.7. The van der Waals surface area contributed by atoms with Crippen LogP contribution in [0.3, 0.4) is 0 Å². The molecule has 0 spiro atoms. The number of nitrogens with zero attached hydrogens (tertiary/aromatic N) is 1. The second kappa shape index (κ2) is 6.08. The SMILES string of the molecule is CC(C)(C)[Si](C)(C)OC1=NC(=O)SC1Cc1ccc(O)cc1. The number of phenols is 1.